The lowest BCUT2D eigenvalue weighted by Gasteiger charge is -2.28. The Hall–Kier alpha value is -0.810. The van der Waals surface area contributed by atoms with E-state index in [4.69, 9.17) is 4.74 Å². The minimum Gasteiger partial charge on any atom is -0.388 e. The lowest BCUT2D eigenvalue weighted by atomic mass is 9.96. The molecule has 1 aliphatic carbocycles. The van der Waals surface area contributed by atoms with E-state index in [1.54, 1.807) is 0 Å². The summed E-state index contributed by atoms with van der Waals surface area (Å²) in [7, 11) is 2.10. The molecule has 0 aromatic carbocycles. The van der Waals surface area contributed by atoms with E-state index in [-0.39, 0.29) is 0 Å². The molecule has 0 aromatic rings. The summed E-state index contributed by atoms with van der Waals surface area (Å²) in [6, 6.07) is 0. The Morgan fingerprint density at radius 1 is 1.32 bits per heavy atom. The first kappa shape index (κ1) is 17.5. The van der Waals surface area contributed by atoms with Gasteiger partial charge in [0.15, 0.2) is 5.96 Å². The van der Waals surface area contributed by atoms with Crippen molar-refractivity contribution < 1.29 is 9.84 Å². The SMILES string of the molecule is CCNC(=NCC1(O)CCCC1)N(C)CCC1CCOCC1. The molecule has 0 spiro atoms. The highest BCUT2D eigenvalue weighted by atomic mass is 16.5. The van der Waals surface area contributed by atoms with Crippen LogP contribution < -0.4 is 5.32 Å². The first-order valence-corrected chi connectivity index (χ1v) is 8.92. The molecule has 2 N–H and O–H groups in total. The first-order valence-electron chi connectivity index (χ1n) is 8.92. The van der Waals surface area contributed by atoms with Crippen molar-refractivity contribution in [1.29, 1.82) is 0 Å². The number of guanidine groups is 1. The van der Waals surface area contributed by atoms with Crippen molar-refractivity contribution in [3.8, 4) is 0 Å². The van der Waals surface area contributed by atoms with E-state index in [0.717, 1.165) is 63.9 Å². The van der Waals surface area contributed by atoms with Crippen molar-refractivity contribution in [2.75, 3.05) is 39.9 Å². The van der Waals surface area contributed by atoms with Crippen LogP contribution in [0.25, 0.3) is 0 Å². The van der Waals surface area contributed by atoms with Crippen LogP contribution in [-0.4, -0.2) is 61.5 Å². The number of ether oxygens (including phenoxy) is 1. The van der Waals surface area contributed by atoms with Crippen LogP contribution in [0.4, 0.5) is 0 Å². The maximum Gasteiger partial charge on any atom is 0.193 e. The number of rotatable bonds is 6. The molecule has 1 aliphatic heterocycles. The average molecular weight is 311 g/mol. The highest BCUT2D eigenvalue weighted by Crippen LogP contribution is 2.29. The predicted octanol–water partition coefficient (Wildman–Crippen LogP) is 2.01. The molecule has 0 aromatic heterocycles. The fourth-order valence-corrected chi connectivity index (χ4v) is 3.40. The van der Waals surface area contributed by atoms with E-state index >= 15 is 0 Å². The van der Waals surface area contributed by atoms with Gasteiger partial charge in [-0.15, -0.1) is 0 Å². The molecule has 0 atom stereocenters. The Labute approximate surface area is 135 Å². The van der Waals surface area contributed by atoms with Crippen LogP contribution in [0.5, 0.6) is 0 Å². The summed E-state index contributed by atoms with van der Waals surface area (Å²) in [4.78, 5) is 6.89. The molecule has 128 valence electrons. The smallest absolute Gasteiger partial charge is 0.193 e. The maximum atomic E-state index is 10.5. The van der Waals surface area contributed by atoms with Crippen molar-refractivity contribution in [3.05, 3.63) is 0 Å². The molecule has 1 heterocycles. The number of hydrogen-bond donors (Lipinski definition) is 2. The Balaban J connectivity index is 1.82. The summed E-state index contributed by atoms with van der Waals surface area (Å²) < 4.78 is 5.42. The van der Waals surface area contributed by atoms with Crippen molar-refractivity contribution >= 4 is 5.96 Å². The molecule has 0 radical (unpaired) electrons. The Kier molecular flexibility index (Phi) is 6.96. The number of aliphatic hydroxyl groups is 1. The van der Waals surface area contributed by atoms with Crippen LogP contribution >= 0.6 is 0 Å². The van der Waals surface area contributed by atoms with E-state index in [9.17, 15) is 5.11 Å². The summed E-state index contributed by atoms with van der Waals surface area (Å²) in [5.41, 5.74) is -0.567. The molecule has 1 saturated carbocycles. The van der Waals surface area contributed by atoms with Gasteiger partial charge in [-0.25, -0.2) is 0 Å². The predicted molar refractivity (Wildman–Crippen MR) is 90.2 cm³/mol. The van der Waals surface area contributed by atoms with Crippen LogP contribution in [0.3, 0.4) is 0 Å². The van der Waals surface area contributed by atoms with Crippen LogP contribution in [0, 0.1) is 5.92 Å². The Morgan fingerprint density at radius 2 is 2.00 bits per heavy atom. The van der Waals surface area contributed by atoms with Crippen LogP contribution in [0.1, 0.15) is 51.9 Å². The third-order valence-corrected chi connectivity index (χ3v) is 4.97. The third kappa shape index (κ3) is 5.43. The number of aliphatic imine (C=N–C) groups is 1. The number of nitrogens with zero attached hydrogens (tertiary/aromatic N) is 2. The molecule has 5 nitrogen and oxygen atoms in total. The van der Waals surface area contributed by atoms with Gasteiger partial charge in [-0.2, -0.15) is 0 Å². The lowest BCUT2D eigenvalue weighted by Crippen LogP contribution is -2.41. The summed E-state index contributed by atoms with van der Waals surface area (Å²) in [6.07, 6.45) is 7.59. The molecule has 22 heavy (non-hydrogen) atoms. The largest absolute Gasteiger partial charge is 0.388 e. The van der Waals surface area contributed by atoms with Crippen LogP contribution in [0.2, 0.25) is 0 Å². The quantitative estimate of drug-likeness (QED) is 0.582. The molecule has 2 aliphatic rings. The van der Waals surface area contributed by atoms with Gasteiger partial charge in [0.05, 0.1) is 12.1 Å². The van der Waals surface area contributed by atoms with Gasteiger partial charge in [0.25, 0.3) is 0 Å². The second-order valence-corrected chi connectivity index (χ2v) is 6.87. The van der Waals surface area contributed by atoms with Gasteiger partial charge in [-0.05, 0) is 44.9 Å². The van der Waals surface area contributed by atoms with Crippen molar-refractivity contribution in [2.45, 2.75) is 57.5 Å². The van der Waals surface area contributed by atoms with Crippen molar-refractivity contribution in [1.82, 2.24) is 10.2 Å². The molecule has 0 unspecified atom stereocenters. The second-order valence-electron chi connectivity index (χ2n) is 6.87. The van der Waals surface area contributed by atoms with Gasteiger partial charge >= 0.3 is 0 Å². The normalized spacial score (nSPS) is 22.8. The van der Waals surface area contributed by atoms with Gasteiger partial charge in [0, 0.05) is 33.4 Å². The highest BCUT2D eigenvalue weighted by molar-refractivity contribution is 5.79. The van der Waals surface area contributed by atoms with Crippen LogP contribution in [-0.2, 0) is 4.74 Å². The van der Waals surface area contributed by atoms with E-state index in [2.05, 4.69) is 29.2 Å². The molecule has 2 rings (SSSR count). The molecule has 0 amide bonds. The summed E-state index contributed by atoms with van der Waals surface area (Å²) in [6.45, 7) is 6.31. The maximum absolute atomic E-state index is 10.5. The third-order valence-electron chi connectivity index (χ3n) is 4.97. The first-order chi connectivity index (χ1) is 10.6. The zero-order valence-corrected chi connectivity index (χ0v) is 14.3. The van der Waals surface area contributed by atoms with Crippen molar-refractivity contribution in [3.63, 3.8) is 0 Å². The second kappa shape index (κ2) is 8.73. The Bertz CT molecular complexity index is 348. The minimum atomic E-state index is -0.567. The molecule has 2 fully saturated rings. The van der Waals surface area contributed by atoms with E-state index < -0.39 is 5.60 Å². The van der Waals surface area contributed by atoms with Gasteiger partial charge < -0.3 is 20.1 Å². The molecule has 0 bridgehead atoms. The summed E-state index contributed by atoms with van der Waals surface area (Å²) in [5.74, 6) is 1.70. The van der Waals surface area contributed by atoms with E-state index in [1.807, 2.05) is 0 Å². The summed E-state index contributed by atoms with van der Waals surface area (Å²) in [5, 5.41) is 13.8. The highest BCUT2D eigenvalue weighted by Gasteiger charge is 2.31. The van der Waals surface area contributed by atoms with Gasteiger partial charge in [0.1, 0.15) is 0 Å². The standard InChI is InChI=1S/C17H33N3O2/c1-3-18-16(19-14-17(21)9-4-5-10-17)20(2)11-6-15-7-12-22-13-8-15/h15,21H,3-14H2,1-2H3,(H,18,19). The Morgan fingerprint density at radius 3 is 2.64 bits per heavy atom. The zero-order chi connectivity index (χ0) is 15.8. The molecule has 1 saturated heterocycles. The molecular formula is C17H33N3O2. The van der Waals surface area contributed by atoms with Crippen molar-refractivity contribution in [2.24, 2.45) is 10.9 Å². The number of nitrogens with one attached hydrogen (secondary N) is 1. The van der Waals surface area contributed by atoms with Gasteiger partial charge in [-0.3, -0.25) is 4.99 Å². The zero-order valence-electron chi connectivity index (χ0n) is 14.3. The monoisotopic (exact) mass is 311 g/mol. The fraction of sp³-hybridized carbons (Fsp3) is 0.941. The lowest BCUT2D eigenvalue weighted by molar-refractivity contribution is 0.0568. The fourth-order valence-electron chi connectivity index (χ4n) is 3.40. The summed E-state index contributed by atoms with van der Waals surface area (Å²) >= 11 is 0. The molecular weight excluding hydrogens is 278 g/mol. The topological polar surface area (TPSA) is 57.1 Å². The van der Waals surface area contributed by atoms with E-state index in [1.165, 1.54) is 19.3 Å². The van der Waals surface area contributed by atoms with Crippen LogP contribution in [0.15, 0.2) is 4.99 Å². The van der Waals surface area contributed by atoms with E-state index in [0.29, 0.717) is 6.54 Å². The van der Waals surface area contributed by atoms with Gasteiger partial charge in [-0.1, -0.05) is 12.8 Å². The average Bonchev–Trinajstić information content (AvgIpc) is 2.97. The van der Waals surface area contributed by atoms with Gasteiger partial charge in [0.2, 0.25) is 0 Å². The molecule has 5 heteroatoms. The number of hydrogen-bond acceptors (Lipinski definition) is 3. The minimum absolute atomic E-state index is 0.525.